The van der Waals surface area contributed by atoms with Gasteiger partial charge in [-0.3, -0.25) is 4.99 Å². The molecule has 0 saturated carbocycles. The number of nitrogens with zero attached hydrogens (tertiary/aromatic N) is 4. The number of hydrogen-bond acceptors (Lipinski definition) is 8. The highest BCUT2D eigenvalue weighted by Crippen LogP contribution is 2.42. The van der Waals surface area contributed by atoms with E-state index in [2.05, 4.69) is 15.3 Å². The largest absolute Gasteiger partial charge is 0.497 e. The van der Waals surface area contributed by atoms with E-state index >= 15 is 0 Å². The molecular formula is C34H30ClF4N5O3. The van der Waals surface area contributed by atoms with Crippen molar-refractivity contribution in [2.45, 2.75) is 26.2 Å². The average molecular weight is 668 g/mol. The second kappa shape index (κ2) is 12.7. The quantitative estimate of drug-likeness (QED) is 0.222. The van der Waals surface area contributed by atoms with E-state index in [1.165, 1.54) is 24.0 Å². The second-order valence-corrected chi connectivity index (χ2v) is 11.4. The van der Waals surface area contributed by atoms with Crippen molar-refractivity contribution in [1.82, 2.24) is 15.2 Å². The number of hydrogen-bond donors (Lipinski definition) is 1. The van der Waals surface area contributed by atoms with E-state index in [0.29, 0.717) is 35.6 Å². The zero-order valence-corrected chi connectivity index (χ0v) is 26.6. The van der Waals surface area contributed by atoms with Crippen LogP contribution in [0.5, 0.6) is 17.2 Å². The van der Waals surface area contributed by atoms with Gasteiger partial charge in [0, 0.05) is 25.7 Å². The topological polar surface area (TPSA) is 71.5 Å². The Morgan fingerprint density at radius 3 is 2.13 bits per heavy atom. The minimum atomic E-state index is -4.79. The minimum absolute atomic E-state index is 0.0465. The molecule has 1 N–H and O–H groups in total. The van der Waals surface area contributed by atoms with Crippen molar-refractivity contribution in [1.29, 1.82) is 0 Å². The fourth-order valence-corrected chi connectivity index (χ4v) is 5.97. The summed E-state index contributed by atoms with van der Waals surface area (Å²) in [4.78, 5) is 12.4. The van der Waals surface area contributed by atoms with Crippen LogP contribution in [0, 0.1) is 6.92 Å². The lowest BCUT2D eigenvalue weighted by Gasteiger charge is -2.27. The van der Waals surface area contributed by atoms with Crippen LogP contribution in [0.1, 0.15) is 22.3 Å². The molecule has 0 atom stereocenters. The number of ether oxygens (including phenoxy) is 3. The number of rotatable bonds is 8. The highest BCUT2D eigenvalue weighted by atomic mass is 35.5. The monoisotopic (exact) mass is 667 g/mol. The zero-order valence-electron chi connectivity index (χ0n) is 25.9. The maximum absolute atomic E-state index is 14.8. The number of benzene rings is 3. The Kier molecular flexibility index (Phi) is 8.63. The Labute approximate surface area is 273 Å². The van der Waals surface area contributed by atoms with Gasteiger partial charge in [-0.05, 0) is 60.0 Å². The highest BCUT2D eigenvalue weighted by Gasteiger charge is 2.38. The summed E-state index contributed by atoms with van der Waals surface area (Å²) in [6.07, 6.45) is -3.68. The molecule has 0 fully saturated rings. The zero-order chi connectivity index (χ0) is 33.5. The van der Waals surface area contributed by atoms with Gasteiger partial charge in [0.2, 0.25) is 0 Å². The number of halogens is 5. The van der Waals surface area contributed by atoms with Gasteiger partial charge >= 0.3 is 6.18 Å². The lowest BCUT2D eigenvalue weighted by molar-refractivity contribution is -0.137. The van der Waals surface area contributed by atoms with Crippen molar-refractivity contribution in [2.75, 3.05) is 32.8 Å². The molecular weight excluding hydrogens is 638 g/mol. The van der Waals surface area contributed by atoms with Gasteiger partial charge in [0.15, 0.2) is 0 Å². The number of methoxy groups -OCH3 is 2. The lowest BCUT2D eigenvalue weighted by Crippen LogP contribution is -2.43. The predicted octanol–water partition coefficient (Wildman–Crippen LogP) is 6.29. The van der Waals surface area contributed by atoms with Crippen molar-refractivity contribution in [3.63, 3.8) is 0 Å². The van der Waals surface area contributed by atoms with Crippen molar-refractivity contribution < 1.29 is 31.8 Å². The molecule has 6 rings (SSSR count). The van der Waals surface area contributed by atoms with Gasteiger partial charge in [0.25, 0.3) is 6.01 Å². The molecule has 1 aromatic heterocycles. The van der Waals surface area contributed by atoms with Crippen LogP contribution in [0.4, 0.5) is 23.4 Å². The summed E-state index contributed by atoms with van der Waals surface area (Å²) in [7, 11) is 4.74. The number of pyridine rings is 1. The molecule has 3 heterocycles. The van der Waals surface area contributed by atoms with Gasteiger partial charge in [-0.25, -0.2) is 4.98 Å². The molecule has 0 unspecified atom stereocenters. The van der Waals surface area contributed by atoms with Crippen molar-refractivity contribution >= 4 is 23.2 Å². The molecule has 2 aliphatic rings. The molecule has 244 valence electrons. The van der Waals surface area contributed by atoms with Crippen LogP contribution in [0.15, 0.2) is 77.9 Å². The van der Waals surface area contributed by atoms with Crippen molar-refractivity contribution in [3.05, 3.63) is 111 Å². The Bertz CT molecular complexity index is 1930. The number of aromatic nitrogens is 1. The third kappa shape index (κ3) is 6.37. The van der Waals surface area contributed by atoms with Crippen molar-refractivity contribution in [2.24, 2.45) is 4.99 Å². The number of alkyl halides is 3. The first-order valence-electron chi connectivity index (χ1n) is 14.5. The molecule has 0 amide bonds. The van der Waals surface area contributed by atoms with E-state index in [4.69, 9.17) is 25.8 Å². The summed E-state index contributed by atoms with van der Waals surface area (Å²) < 4.78 is 75.2. The van der Waals surface area contributed by atoms with Gasteiger partial charge in [0.05, 0.1) is 47.3 Å². The summed E-state index contributed by atoms with van der Waals surface area (Å²) in [6, 6.07) is 16.5. The molecule has 3 aromatic carbocycles. The maximum atomic E-state index is 14.8. The molecule has 47 heavy (non-hydrogen) atoms. The average Bonchev–Trinajstić information content (AvgIpc) is 3.17. The molecule has 0 radical (unpaired) electrons. The second-order valence-electron chi connectivity index (χ2n) is 11.0. The molecule has 0 bridgehead atoms. The fourth-order valence-electron chi connectivity index (χ4n) is 5.67. The standard InChI is InChI=1S/C34H30ClF4N5O3/c1-19-13-27(44(15-20-5-9-22(45-3)10-6-20)16-21-7-11-23(46-4)12-8-21)42-31(29(19)34(37,38)39)24-14-25-28-32(30(24)35)40-18-41-33(28)43(2)17-26(36)47-25/h5-14,17,41H,15-16,18H2,1-4H3. The van der Waals surface area contributed by atoms with E-state index in [9.17, 15) is 17.6 Å². The van der Waals surface area contributed by atoms with E-state index < -0.39 is 23.4 Å². The van der Waals surface area contributed by atoms with Crippen LogP contribution in [0.25, 0.3) is 17.1 Å². The lowest BCUT2D eigenvalue weighted by atomic mass is 9.99. The van der Waals surface area contributed by atoms with Gasteiger partial charge in [-0.1, -0.05) is 35.9 Å². The summed E-state index contributed by atoms with van der Waals surface area (Å²) >= 11 is 6.88. The van der Waals surface area contributed by atoms with Crippen LogP contribution in [-0.2, 0) is 19.3 Å². The maximum Gasteiger partial charge on any atom is 0.418 e. The summed E-state index contributed by atoms with van der Waals surface area (Å²) in [6.45, 7) is 2.06. The molecule has 0 saturated heterocycles. The third-order valence-electron chi connectivity index (χ3n) is 7.91. The number of nitrogens with one attached hydrogen (secondary N) is 1. The smallest absolute Gasteiger partial charge is 0.418 e. The van der Waals surface area contributed by atoms with E-state index in [0.717, 1.165) is 17.3 Å². The van der Waals surface area contributed by atoms with Crippen LogP contribution >= 0.6 is 11.6 Å². The van der Waals surface area contributed by atoms with Crippen LogP contribution in [-0.4, -0.2) is 37.8 Å². The predicted molar refractivity (Wildman–Crippen MR) is 170 cm³/mol. The van der Waals surface area contributed by atoms with E-state index in [-0.39, 0.29) is 39.7 Å². The normalized spacial score (nSPS) is 13.9. The van der Waals surface area contributed by atoms with Crippen LogP contribution in [0.3, 0.4) is 0 Å². The number of aryl methyl sites for hydroxylation is 1. The van der Waals surface area contributed by atoms with Crippen LogP contribution in [0.2, 0.25) is 5.02 Å². The van der Waals surface area contributed by atoms with E-state index in [1.54, 1.807) is 21.3 Å². The fraction of sp³-hybridized carbons (Fsp3) is 0.235. The Morgan fingerprint density at radius 1 is 0.979 bits per heavy atom. The minimum Gasteiger partial charge on any atom is -0.497 e. The molecule has 4 aromatic rings. The first-order chi connectivity index (χ1) is 22.5. The van der Waals surface area contributed by atoms with Gasteiger partial charge in [-0.15, -0.1) is 0 Å². The summed E-state index contributed by atoms with van der Waals surface area (Å²) in [5.74, 6) is 2.02. The molecule has 8 nitrogen and oxygen atoms in total. The van der Waals surface area contributed by atoms with Gasteiger partial charge in [0.1, 0.15) is 35.6 Å². The van der Waals surface area contributed by atoms with E-state index in [1.807, 2.05) is 53.4 Å². The molecule has 2 aliphatic heterocycles. The third-order valence-corrected chi connectivity index (χ3v) is 8.29. The number of anilines is 1. The molecule has 13 heteroatoms. The molecule has 0 aliphatic carbocycles. The Balaban J connectivity index is 1.56. The Morgan fingerprint density at radius 2 is 1.57 bits per heavy atom. The first kappa shape index (κ1) is 32.0. The SMILES string of the molecule is COc1ccc(CN(Cc2ccc(OC)cc2)c2cc(C)c(C(F)(F)F)c(-c3cc4c5c(c3Cl)=NCNC=5N(C)C=C(F)O4)n2)cc1. The summed E-state index contributed by atoms with van der Waals surface area (Å²) in [5.41, 5.74) is 0.206. The Hall–Kier alpha value is -4.97. The molecule has 0 spiro atoms. The summed E-state index contributed by atoms with van der Waals surface area (Å²) in [5, 5.41) is 3.50. The van der Waals surface area contributed by atoms with Crippen LogP contribution < -0.4 is 35.0 Å². The van der Waals surface area contributed by atoms with Gasteiger partial charge in [-0.2, -0.15) is 17.6 Å². The first-order valence-corrected chi connectivity index (χ1v) is 14.9. The highest BCUT2D eigenvalue weighted by molar-refractivity contribution is 6.33. The van der Waals surface area contributed by atoms with Crippen molar-refractivity contribution in [3.8, 4) is 28.5 Å². The van der Waals surface area contributed by atoms with Gasteiger partial charge < -0.3 is 29.3 Å².